The predicted molar refractivity (Wildman–Crippen MR) is 104 cm³/mol. The molecule has 2 heterocycles. The van der Waals surface area contributed by atoms with E-state index in [-0.39, 0.29) is 11.5 Å². The maximum absolute atomic E-state index is 12.4. The molecular formula is C19H18ClN5O2. The Bertz CT molecular complexity index is 1020. The number of hydrogen-bond donors (Lipinski definition) is 1. The third kappa shape index (κ3) is 5.21. The maximum Gasteiger partial charge on any atom is 0.265 e. The molecule has 8 heteroatoms. The van der Waals surface area contributed by atoms with Gasteiger partial charge in [0.15, 0.2) is 0 Å². The van der Waals surface area contributed by atoms with Crippen LogP contribution in [0.4, 0.5) is 0 Å². The quantitative estimate of drug-likeness (QED) is 0.500. The van der Waals surface area contributed by atoms with Crippen LogP contribution in [0.15, 0.2) is 54.1 Å². The Balaban J connectivity index is 1.50. The van der Waals surface area contributed by atoms with Crippen LogP contribution in [0.5, 0.6) is 0 Å². The molecule has 27 heavy (non-hydrogen) atoms. The van der Waals surface area contributed by atoms with Gasteiger partial charge in [-0.2, -0.15) is 0 Å². The summed E-state index contributed by atoms with van der Waals surface area (Å²) in [6.07, 6.45) is 11.8. The Hall–Kier alpha value is -3.06. The van der Waals surface area contributed by atoms with Crippen molar-refractivity contribution in [1.82, 2.24) is 24.8 Å². The number of rotatable bonds is 7. The van der Waals surface area contributed by atoms with Crippen molar-refractivity contribution in [1.29, 1.82) is 0 Å². The fourth-order valence-corrected chi connectivity index (χ4v) is 2.72. The summed E-state index contributed by atoms with van der Waals surface area (Å²) in [6.45, 7) is 0.553. The van der Waals surface area contributed by atoms with Crippen LogP contribution in [0.1, 0.15) is 18.4 Å². The normalized spacial score (nSPS) is 11.1. The molecule has 7 nitrogen and oxygen atoms in total. The Morgan fingerprint density at radius 1 is 1.22 bits per heavy atom. The number of halogens is 1. The van der Waals surface area contributed by atoms with E-state index in [2.05, 4.69) is 20.3 Å². The highest BCUT2D eigenvalue weighted by atomic mass is 35.5. The molecule has 3 rings (SSSR count). The lowest BCUT2D eigenvalue weighted by Crippen LogP contribution is -2.23. The minimum Gasteiger partial charge on any atom is -0.353 e. The van der Waals surface area contributed by atoms with E-state index in [1.54, 1.807) is 30.6 Å². The van der Waals surface area contributed by atoms with Crippen LogP contribution >= 0.6 is 11.6 Å². The Labute approximate surface area is 160 Å². The molecule has 0 aliphatic rings. The number of benzene rings is 1. The number of carbonyl (C=O) groups is 1. The minimum absolute atomic E-state index is 0.267. The number of carbonyl (C=O) groups excluding carboxylic acids is 1. The van der Waals surface area contributed by atoms with E-state index >= 15 is 0 Å². The molecule has 0 radical (unpaired) electrons. The van der Waals surface area contributed by atoms with E-state index < -0.39 is 0 Å². The van der Waals surface area contributed by atoms with Crippen LogP contribution in [0.25, 0.3) is 17.1 Å². The van der Waals surface area contributed by atoms with Gasteiger partial charge in [0.25, 0.3) is 5.56 Å². The van der Waals surface area contributed by atoms with Gasteiger partial charge in [-0.25, -0.2) is 15.0 Å². The topological polar surface area (TPSA) is 89.8 Å². The van der Waals surface area contributed by atoms with Gasteiger partial charge >= 0.3 is 0 Å². The molecule has 138 valence electrons. The predicted octanol–water partition coefficient (Wildman–Crippen LogP) is 2.45. The van der Waals surface area contributed by atoms with Crippen molar-refractivity contribution in [3.63, 3.8) is 0 Å². The number of aryl methyl sites for hydroxylation is 1. The molecule has 0 saturated heterocycles. The van der Waals surface area contributed by atoms with E-state index in [0.29, 0.717) is 22.5 Å². The lowest BCUT2D eigenvalue weighted by atomic mass is 10.1. The molecule has 3 aromatic rings. The monoisotopic (exact) mass is 383 g/mol. The Morgan fingerprint density at radius 3 is 2.85 bits per heavy atom. The highest BCUT2D eigenvalue weighted by Crippen LogP contribution is 2.14. The molecule has 0 aliphatic carbocycles. The molecule has 0 aliphatic heterocycles. The summed E-state index contributed by atoms with van der Waals surface area (Å²) in [6, 6.07) is 4.92. The fourth-order valence-electron chi connectivity index (χ4n) is 2.55. The fraction of sp³-hybridized carbons (Fsp3) is 0.211. The van der Waals surface area contributed by atoms with Gasteiger partial charge in [-0.3, -0.25) is 14.2 Å². The van der Waals surface area contributed by atoms with Gasteiger partial charge in [-0.15, -0.1) is 0 Å². The van der Waals surface area contributed by atoms with Gasteiger partial charge in [0, 0.05) is 36.2 Å². The van der Waals surface area contributed by atoms with Gasteiger partial charge in [0.05, 0.1) is 10.9 Å². The highest BCUT2D eigenvalue weighted by molar-refractivity contribution is 6.31. The summed E-state index contributed by atoms with van der Waals surface area (Å²) < 4.78 is 1.26. The summed E-state index contributed by atoms with van der Waals surface area (Å²) >= 11 is 5.93. The number of nitrogens with zero attached hydrogens (tertiary/aromatic N) is 4. The van der Waals surface area contributed by atoms with Crippen LogP contribution in [0, 0.1) is 0 Å². The van der Waals surface area contributed by atoms with Gasteiger partial charge in [-0.1, -0.05) is 11.6 Å². The van der Waals surface area contributed by atoms with Crippen molar-refractivity contribution >= 4 is 34.6 Å². The molecule has 0 bridgehead atoms. The van der Waals surface area contributed by atoms with Crippen LogP contribution in [-0.4, -0.2) is 32.0 Å². The minimum atomic E-state index is -0.281. The molecule has 1 N–H and O–H groups in total. The average Bonchev–Trinajstić information content (AvgIpc) is 2.68. The molecule has 1 aromatic carbocycles. The maximum atomic E-state index is 12.4. The lowest BCUT2D eigenvalue weighted by Gasteiger charge is -2.03. The third-order valence-electron chi connectivity index (χ3n) is 3.94. The van der Waals surface area contributed by atoms with Gasteiger partial charge in [0.2, 0.25) is 5.91 Å². The largest absolute Gasteiger partial charge is 0.353 e. The Kier molecular flexibility index (Phi) is 6.27. The number of hydrogen-bond acceptors (Lipinski definition) is 5. The first-order valence-electron chi connectivity index (χ1n) is 8.50. The average molecular weight is 384 g/mol. The zero-order valence-corrected chi connectivity index (χ0v) is 15.3. The second-order valence-electron chi connectivity index (χ2n) is 5.93. The van der Waals surface area contributed by atoms with Crippen molar-refractivity contribution in [3.05, 3.63) is 70.3 Å². The first-order chi connectivity index (χ1) is 13.1. The number of fused-ring (bicyclic) bond motifs is 1. The van der Waals surface area contributed by atoms with Gasteiger partial charge in [0.1, 0.15) is 12.7 Å². The summed E-state index contributed by atoms with van der Waals surface area (Å²) in [5.74, 6) is -0.267. The number of aromatic nitrogens is 4. The van der Waals surface area contributed by atoms with Crippen molar-refractivity contribution in [2.45, 2.75) is 19.3 Å². The van der Waals surface area contributed by atoms with Crippen molar-refractivity contribution < 1.29 is 4.79 Å². The molecule has 2 aromatic heterocycles. The molecule has 1 amide bonds. The lowest BCUT2D eigenvalue weighted by molar-refractivity contribution is -0.116. The first-order valence-corrected chi connectivity index (χ1v) is 8.87. The molecular weight excluding hydrogens is 366 g/mol. The molecule has 0 saturated carbocycles. The summed E-state index contributed by atoms with van der Waals surface area (Å²) in [5, 5.41) is 3.65. The van der Waals surface area contributed by atoms with Crippen LogP contribution in [0.3, 0.4) is 0 Å². The highest BCUT2D eigenvalue weighted by Gasteiger charge is 2.03. The van der Waals surface area contributed by atoms with E-state index in [9.17, 15) is 9.59 Å². The van der Waals surface area contributed by atoms with Crippen LogP contribution < -0.4 is 10.9 Å². The zero-order valence-electron chi connectivity index (χ0n) is 14.5. The van der Waals surface area contributed by atoms with E-state index in [0.717, 1.165) is 24.8 Å². The number of unbranched alkanes of at least 4 members (excludes halogenated alkanes) is 1. The summed E-state index contributed by atoms with van der Waals surface area (Å²) in [7, 11) is 0. The molecule has 0 spiro atoms. The third-order valence-corrected chi connectivity index (χ3v) is 4.17. The van der Waals surface area contributed by atoms with Gasteiger partial charge in [-0.05, 0) is 43.0 Å². The second kappa shape index (κ2) is 9.05. The van der Waals surface area contributed by atoms with Crippen molar-refractivity contribution in [2.24, 2.45) is 0 Å². The first kappa shape index (κ1) is 18.7. The smallest absolute Gasteiger partial charge is 0.265 e. The molecule has 0 fully saturated rings. The number of nitrogens with one attached hydrogen (secondary N) is 1. The number of amides is 1. The zero-order chi connectivity index (χ0) is 19.1. The van der Waals surface area contributed by atoms with Crippen molar-refractivity contribution in [3.8, 4) is 0 Å². The van der Waals surface area contributed by atoms with E-state index in [1.165, 1.54) is 29.5 Å². The van der Waals surface area contributed by atoms with Crippen LogP contribution in [0.2, 0.25) is 5.02 Å². The standard InChI is InChI=1S/C19H18ClN5O2/c20-15-4-5-17-16(9-15)19(27)25(13-24-17)8-6-18(26)23-7-2-1-3-14-10-21-12-22-11-14/h4-6,8-13H,1-3,7H2,(H,23,26). The van der Waals surface area contributed by atoms with Crippen molar-refractivity contribution in [2.75, 3.05) is 6.54 Å². The summed E-state index contributed by atoms with van der Waals surface area (Å²) in [5.41, 5.74) is 1.35. The summed E-state index contributed by atoms with van der Waals surface area (Å²) in [4.78, 5) is 36.4. The molecule has 0 atom stereocenters. The van der Waals surface area contributed by atoms with Gasteiger partial charge < -0.3 is 5.32 Å². The SMILES string of the molecule is O=C(C=Cn1cnc2ccc(Cl)cc2c1=O)NCCCCc1cncnc1. The van der Waals surface area contributed by atoms with E-state index in [1.807, 2.05) is 0 Å². The van der Waals surface area contributed by atoms with E-state index in [4.69, 9.17) is 11.6 Å². The van der Waals surface area contributed by atoms with Crippen LogP contribution in [-0.2, 0) is 11.2 Å². The molecule has 0 unspecified atom stereocenters. The Morgan fingerprint density at radius 2 is 2.04 bits per heavy atom. The second-order valence-corrected chi connectivity index (χ2v) is 6.37.